The maximum absolute atomic E-state index is 2.53. The highest BCUT2D eigenvalue weighted by Gasteiger charge is 2.23. The Bertz CT molecular complexity index is 4280. The first-order valence-electron chi connectivity index (χ1n) is 23.3. The Kier molecular flexibility index (Phi) is 7.76. The Morgan fingerprint density at radius 1 is 0.212 bits per heavy atom. The van der Waals surface area contributed by atoms with Gasteiger partial charge in [0, 0.05) is 0 Å². The van der Waals surface area contributed by atoms with E-state index in [9.17, 15) is 0 Å². The monoisotopic (exact) mass is 836 g/mol. The summed E-state index contributed by atoms with van der Waals surface area (Å²) in [5.41, 5.74) is 11.3. The summed E-state index contributed by atoms with van der Waals surface area (Å²) in [5.74, 6) is 0. The van der Waals surface area contributed by atoms with Crippen molar-refractivity contribution in [3.05, 3.63) is 218 Å². The van der Waals surface area contributed by atoms with Gasteiger partial charge in [-0.15, -0.1) is 0 Å². The minimum atomic E-state index is -0.0214. The molecule has 0 atom stereocenters. The van der Waals surface area contributed by atoms with E-state index in [1.807, 2.05) is 0 Å². The normalized spacial score (nSPS) is 12.5. The van der Waals surface area contributed by atoms with Crippen LogP contribution < -0.4 is 0 Å². The Morgan fingerprint density at radius 3 is 1.02 bits per heavy atom. The number of rotatable bonds is 4. The fourth-order valence-corrected chi connectivity index (χ4v) is 11.4. The predicted molar refractivity (Wildman–Crippen MR) is 287 cm³/mol. The van der Waals surface area contributed by atoms with Gasteiger partial charge in [-0.3, -0.25) is 0 Å². The molecule has 14 aromatic rings. The molecular weight excluding hydrogens is 793 g/mol. The summed E-state index contributed by atoms with van der Waals surface area (Å²) in [7, 11) is 0. The molecule has 0 aromatic heterocycles. The first-order valence-corrected chi connectivity index (χ1v) is 23.3. The van der Waals surface area contributed by atoms with Crippen LogP contribution in [0.25, 0.3) is 141 Å². The van der Waals surface area contributed by atoms with Crippen molar-refractivity contribution in [3.8, 4) is 44.5 Å². The second-order valence-corrected chi connectivity index (χ2v) is 19.7. The van der Waals surface area contributed by atoms with Crippen LogP contribution >= 0.6 is 0 Å². The fourth-order valence-electron chi connectivity index (χ4n) is 11.4. The number of benzene rings is 12. The second kappa shape index (κ2) is 13.7. The van der Waals surface area contributed by atoms with E-state index in [4.69, 9.17) is 0 Å². The molecule has 0 aliphatic carbocycles. The van der Waals surface area contributed by atoms with Crippen molar-refractivity contribution in [1.82, 2.24) is 0 Å². The minimum Gasteiger partial charge on any atom is -0.0622 e. The Hall–Kier alpha value is -8.06. The van der Waals surface area contributed by atoms with E-state index < -0.39 is 0 Å². The maximum Gasteiger partial charge on any atom is -0.00197 e. The highest BCUT2D eigenvalue weighted by molar-refractivity contribution is 6.41. The van der Waals surface area contributed by atoms with E-state index in [1.54, 1.807) is 0 Å². The average Bonchev–Trinajstić information content (AvgIpc) is 3.86. The molecule has 0 unspecified atom stereocenters. The number of hydrogen-bond donors (Lipinski definition) is 0. The second-order valence-electron chi connectivity index (χ2n) is 19.7. The summed E-state index contributed by atoms with van der Waals surface area (Å²) in [6.07, 6.45) is 0. The summed E-state index contributed by atoms with van der Waals surface area (Å²) in [6, 6.07) is 80.2. The van der Waals surface area contributed by atoms with E-state index in [1.165, 1.54) is 147 Å². The van der Waals surface area contributed by atoms with Gasteiger partial charge in [-0.25, -0.2) is 0 Å². The largest absolute Gasteiger partial charge is 0.0622 e. The highest BCUT2D eigenvalue weighted by atomic mass is 14.3. The molecular formula is C66H44. The van der Waals surface area contributed by atoms with Crippen LogP contribution in [-0.4, -0.2) is 0 Å². The zero-order chi connectivity index (χ0) is 43.8. The quantitative estimate of drug-likeness (QED) is 0.155. The van der Waals surface area contributed by atoms with Crippen molar-refractivity contribution in [3.63, 3.8) is 0 Å². The molecule has 14 rings (SSSR count). The lowest BCUT2D eigenvalue weighted by Crippen LogP contribution is -2.10. The summed E-state index contributed by atoms with van der Waals surface area (Å²) < 4.78 is 0. The molecule has 0 radical (unpaired) electrons. The van der Waals surface area contributed by atoms with Crippen LogP contribution in [0.3, 0.4) is 0 Å². The zero-order valence-electron chi connectivity index (χ0n) is 37.2. The van der Waals surface area contributed by atoms with Gasteiger partial charge < -0.3 is 0 Å². The van der Waals surface area contributed by atoms with E-state index >= 15 is 0 Å². The molecule has 0 fully saturated rings. The van der Waals surface area contributed by atoms with Gasteiger partial charge in [0.2, 0.25) is 0 Å². The minimum absolute atomic E-state index is 0.0214. The topological polar surface area (TPSA) is 0 Å². The Morgan fingerprint density at radius 2 is 0.545 bits per heavy atom. The van der Waals surface area contributed by atoms with E-state index in [2.05, 4.69) is 233 Å². The van der Waals surface area contributed by atoms with Crippen molar-refractivity contribution >= 4 is 97.0 Å². The third-order valence-electron chi connectivity index (χ3n) is 14.8. The molecule has 0 heterocycles. The molecule has 0 amide bonds. The van der Waals surface area contributed by atoms with Gasteiger partial charge in [0.05, 0.1) is 0 Å². The average molecular weight is 837 g/mol. The van der Waals surface area contributed by atoms with E-state index in [0.717, 1.165) is 0 Å². The summed E-state index contributed by atoms with van der Waals surface area (Å²) in [6.45, 7) is 7.05. The van der Waals surface area contributed by atoms with Crippen LogP contribution in [0, 0.1) is 0 Å². The Labute approximate surface area is 383 Å². The zero-order valence-corrected chi connectivity index (χ0v) is 37.2. The lowest BCUT2D eigenvalue weighted by molar-refractivity contribution is 0.592. The molecule has 0 heteroatoms. The van der Waals surface area contributed by atoms with Gasteiger partial charge in [0.1, 0.15) is 0 Å². The molecule has 308 valence electrons. The lowest BCUT2D eigenvalue weighted by atomic mass is 9.83. The first-order chi connectivity index (χ1) is 32.3. The van der Waals surface area contributed by atoms with Crippen LogP contribution in [0.15, 0.2) is 212 Å². The molecule has 0 saturated carbocycles. The number of hydrogen-bond acceptors (Lipinski definition) is 0. The summed E-state index contributed by atoms with van der Waals surface area (Å²) >= 11 is 0. The number of fused-ring (bicyclic) bond motifs is 11. The van der Waals surface area contributed by atoms with Gasteiger partial charge in [0.25, 0.3) is 0 Å². The van der Waals surface area contributed by atoms with Crippen molar-refractivity contribution in [2.45, 2.75) is 26.2 Å². The van der Waals surface area contributed by atoms with Crippen LogP contribution in [0.4, 0.5) is 0 Å². The van der Waals surface area contributed by atoms with Gasteiger partial charge in [-0.1, -0.05) is 172 Å². The Balaban J connectivity index is 0.958. The molecule has 0 bridgehead atoms. The predicted octanol–water partition coefficient (Wildman–Crippen LogP) is 18.9. The molecule has 66 heavy (non-hydrogen) atoms. The van der Waals surface area contributed by atoms with E-state index in [-0.39, 0.29) is 5.41 Å². The van der Waals surface area contributed by atoms with Crippen molar-refractivity contribution in [1.29, 1.82) is 0 Å². The van der Waals surface area contributed by atoms with E-state index in [0.29, 0.717) is 0 Å². The first kappa shape index (κ1) is 37.3. The van der Waals surface area contributed by atoms with Gasteiger partial charge in [-0.2, -0.15) is 0 Å². The third-order valence-corrected chi connectivity index (χ3v) is 14.8. The standard InChI is InChI=1S/C66H44/c1-66(2,3)51-35-60-53-28-26-50(48-24-22-44-30-42(18-20-46(44)32-48)40-13-8-5-9-14-40)34-57(53)63-37-58-55-16-10-15-54-52-27-25-49(33-56(52)62(64(54)55)38-59(58)61(36-51)65(60)63)47-23-21-43-29-41(17-19-45(43)31-47)39-11-6-4-7-12-39/h4-38H,1-3H3. The van der Waals surface area contributed by atoms with Crippen LogP contribution in [0.1, 0.15) is 26.3 Å². The molecule has 0 N–H and O–H groups in total. The van der Waals surface area contributed by atoms with Crippen molar-refractivity contribution in [2.24, 2.45) is 0 Å². The van der Waals surface area contributed by atoms with Crippen molar-refractivity contribution < 1.29 is 0 Å². The molecule has 14 aromatic carbocycles. The molecule has 0 spiro atoms. The SMILES string of the molecule is CC(C)(C)c1cc2c3ccc(-c4ccc5cc(-c6ccccc6)ccc5c4)cc3c3cc4c(cc5c6cc(-c7ccc8cc(-c9ccccc9)ccc8c7)ccc6c6cccc4c65)c(c1)c23. The molecule has 0 aliphatic rings. The molecule has 0 aliphatic heterocycles. The van der Waals surface area contributed by atoms with Crippen molar-refractivity contribution in [2.75, 3.05) is 0 Å². The third kappa shape index (κ3) is 5.58. The summed E-state index contributed by atoms with van der Waals surface area (Å²) in [4.78, 5) is 0. The van der Waals surface area contributed by atoms with Crippen LogP contribution in [0.5, 0.6) is 0 Å². The molecule has 0 nitrogen and oxygen atoms in total. The van der Waals surface area contributed by atoms with Crippen LogP contribution in [0.2, 0.25) is 0 Å². The maximum atomic E-state index is 2.53. The lowest BCUT2D eigenvalue weighted by Gasteiger charge is -2.21. The van der Waals surface area contributed by atoms with Gasteiger partial charge >= 0.3 is 0 Å². The van der Waals surface area contributed by atoms with Crippen LogP contribution in [-0.2, 0) is 5.41 Å². The fraction of sp³-hybridized carbons (Fsp3) is 0.0606. The molecule has 0 saturated heterocycles. The highest BCUT2D eigenvalue weighted by Crippen LogP contribution is 2.49. The van der Waals surface area contributed by atoms with Gasteiger partial charge in [-0.05, 0) is 213 Å². The summed E-state index contributed by atoms with van der Waals surface area (Å²) in [5, 5.41) is 23.7. The van der Waals surface area contributed by atoms with Gasteiger partial charge in [0.15, 0.2) is 0 Å². The smallest absolute Gasteiger partial charge is 0.00197 e.